The molecule has 146 valence electrons. The average Bonchev–Trinajstić information content (AvgIpc) is 2.72. The summed E-state index contributed by atoms with van der Waals surface area (Å²) >= 11 is -1.22. The lowest BCUT2D eigenvalue weighted by molar-refractivity contribution is 0.00761. The Hall–Kier alpha value is -0.530. The Kier molecular flexibility index (Phi) is 6.01. The summed E-state index contributed by atoms with van der Waals surface area (Å²) in [6.45, 7) is 12.4. The van der Waals surface area contributed by atoms with Gasteiger partial charge in [-0.2, -0.15) is 0 Å². The Morgan fingerprint density at radius 3 is 2.28 bits per heavy atom. The van der Waals surface area contributed by atoms with Crippen LogP contribution in [0.3, 0.4) is 0 Å². The van der Waals surface area contributed by atoms with Gasteiger partial charge in [-0.15, -0.1) is 4.72 Å². The average molecular weight is 377 g/mol. The molecule has 2 unspecified atom stereocenters. The first-order chi connectivity index (χ1) is 11.3. The second-order valence-corrected chi connectivity index (χ2v) is 11.4. The number of carbonyl (C=O) groups is 1. The van der Waals surface area contributed by atoms with Crippen molar-refractivity contribution in [3.05, 3.63) is 0 Å². The maximum absolute atomic E-state index is 14.2. The zero-order valence-corrected chi connectivity index (χ0v) is 17.2. The third-order valence-corrected chi connectivity index (χ3v) is 6.69. The highest BCUT2D eigenvalue weighted by molar-refractivity contribution is 7.90. The fourth-order valence-corrected chi connectivity index (χ4v) is 4.62. The van der Waals surface area contributed by atoms with Crippen LogP contribution in [0.1, 0.15) is 67.2 Å². The highest BCUT2D eigenvalue weighted by Crippen LogP contribution is 2.48. The lowest BCUT2D eigenvalue weighted by Crippen LogP contribution is -2.54. The van der Waals surface area contributed by atoms with Crippen LogP contribution in [0.4, 0.5) is 9.18 Å². The molecule has 1 N–H and O–H groups in total. The van der Waals surface area contributed by atoms with Crippen LogP contribution in [0.2, 0.25) is 0 Å². The van der Waals surface area contributed by atoms with Crippen molar-refractivity contribution in [2.45, 2.75) is 89.8 Å². The maximum Gasteiger partial charge on any atom is 0.410 e. The van der Waals surface area contributed by atoms with Gasteiger partial charge in [-0.05, 0) is 72.6 Å². The Morgan fingerprint density at radius 2 is 1.80 bits per heavy atom. The van der Waals surface area contributed by atoms with Crippen LogP contribution in [0.5, 0.6) is 0 Å². The molecule has 2 aliphatic rings. The molecule has 1 aliphatic heterocycles. The summed E-state index contributed by atoms with van der Waals surface area (Å²) in [4.78, 5) is 13.9. The van der Waals surface area contributed by atoms with Crippen LogP contribution >= 0.6 is 0 Å². The van der Waals surface area contributed by atoms with Crippen LogP contribution in [0, 0.1) is 5.41 Å². The minimum absolute atomic E-state index is 0.108. The second-order valence-electron chi connectivity index (χ2n) is 9.42. The van der Waals surface area contributed by atoms with Gasteiger partial charge in [0, 0.05) is 24.5 Å². The van der Waals surface area contributed by atoms with E-state index in [-0.39, 0.29) is 22.3 Å². The summed E-state index contributed by atoms with van der Waals surface area (Å²) in [5.74, 6) is 0. The van der Waals surface area contributed by atoms with Crippen LogP contribution < -0.4 is 4.72 Å². The number of rotatable bonds is 2. The molecule has 1 spiro atoms. The minimum atomic E-state index is -1.22. The third kappa shape index (κ3) is 5.23. The van der Waals surface area contributed by atoms with Crippen molar-refractivity contribution in [2.75, 3.05) is 13.1 Å². The first kappa shape index (κ1) is 20.8. The standard InChI is InChI=1S/C18H33FN2O3S/c1-16(2,3)24-15(22)21-9-7-18(8-10-21)12-13(19)11-14(18)20-25(23)17(4,5)6/h13-14,20H,7-12H2,1-6H3/t13-,14?,25?/m1/s1. The predicted octanol–water partition coefficient (Wildman–Crippen LogP) is 3.56. The van der Waals surface area contributed by atoms with Crippen molar-refractivity contribution in [1.82, 2.24) is 9.62 Å². The highest BCUT2D eigenvalue weighted by Gasteiger charge is 2.52. The van der Waals surface area contributed by atoms with Crippen LogP contribution in [0.25, 0.3) is 0 Å². The lowest BCUT2D eigenvalue weighted by atomic mass is 9.74. The van der Waals surface area contributed by atoms with E-state index >= 15 is 0 Å². The smallest absolute Gasteiger partial charge is 0.410 e. The molecule has 0 aromatic rings. The molecular weight excluding hydrogens is 343 g/mol. The molecule has 5 nitrogen and oxygen atoms in total. The van der Waals surface area contributed by atoms with Gasteiger partial charge < -0.3 is 14.2 Å². The Morgan fingerprint density at radius 1 is 1.24 bits per heavy atom. The number of hydrogen-bond donors (Lipinski definition) is 1. The third-order valence-electron chi connectivity index (χ3n) is 5.08. The van der Waals surface area contributed by atoms with Gasteiger partial charge in [0.2, 0.25) is 0 Å². The van der Waals surface area contributed by atoms with Gasteiger partial charge in [-0.3, -0.25) is 0 Å². The molecule has 1 amide bonds. The molecule has 0 radical (unpaired) electrons. The summed E-state index contributed by atoms with van der Waals surface area (Å²) in [5, 5.41) is 0. The van der Waals surface area contributed by atoms with E-state index < -0.39 is 23.1 Å². The van der Waals surface area contributed by atoms with Crippen molar-refractivity contribution < 1.29 is 18.5 Å². The zero-order chi connectivity index (χ0) is 19.0. The number of halogens is 1. The molecular formula is C18H33FN2O3S. The van der Waals surface area contributed by atoms with E-state index in [2.05, 4.69) is 4.72 Å². The largest absolute Gasteiger partial charge is 0.598 e. The molecule has 0 bridgehead atoms. The molecule has 1 saturated heterocycles. The van der Waals surface area contributed by atoms with Crippen molar-refractivity contribution in [3.63, 3.8) is 0 Å². The summed E-state index contributed by atoms with van der Waals surface area (Å²) in [7, 11) is 0. The highest BCUT2D eigenvalue weighted by atomic mass is 32.2. The van der Waals surface area contributed by atoms with E-state index in [1.165, 1.54) is 0 Å². The molecule has 3 atom stereocenters. The number of nitrogens with one attached hydrogen (secondary N) is 1. The molecule has 2 fully saturated rings. The SMILES string of the molecule is CC(C)(C)OC(=O)N1CCC2(CC1)C[C@H](F)CC2N[S+]([O-])C(C)(C)C. The minimum Gasteiger partial charge on any atom is -0.598 e. The van der Waals surface area contributed by atoms with E-state index in [0.717, 1.165) is 0 Å². The van der Waals surface area contributed by atoms with Crippen LogP contribution in [0.15, 0.2) is 0 Å². The van der Waals surface area contributed by atoms with Gasteiger partial charge in [0.05, 0.1) is 6.04 Å². The summed E-state index contributed by atoms with van der Waals surface area (Å²) in [6.07, 6.45) is 1.13. The maximum atomic E-state index is 14.2. The number of ether oxygens (including phenoxy) is 1. The summed E-state index contributed by atoms with van der Waals surface area (Å²) in [6, 6.07) is -0.108. The summed E-state index contributed by atoms with van der Waals surface area (Å²) in [5.41, 5.74) is -0.740. The summed E-state index contributed by atoms with van der Waals surface area (Å²) < 4.78 is 34.9. The number of hydrogen-bond acceptors (Lipinski definition) is 4. The first-order valence-corrected chi connectivity index (χ1v) is 10.3. The quantitative estimate of drug-likeness (QED) is 0.749. The fraction of sp³-hybridized carbons (Fsp3) is 0.944. The number of alkyl halides is 1. The normalized spacial score (nSPS) is 28.2. The number of piperidine rings is 1. The Labute approximate surface area is 154 Å². The monoisotopic (exact) mass is 376 g/mol. The van der Waals surface area contributed by atoms with E-state index in [1.54, 1.807) is 4.90 Å². The van der Waals surface area contributed by atoms with E-state index in [9.17, 15) is 13.7 Å². The molecule has 2 rings (SSSR count). The number of amides is 1. The van der Waals surface area contributed by atoms with Crippen LogP contribution in [-0.4, -0.2) is 51.2 Å². The van der Waals surface area contributed by atoms with Gasteiger partial charge in [0.25, 0.3) is 0 Å². The topological polar surface area (TPSA) is 64.6 Å². The predicted molar refractivity (Wildman–Crippen MR) is 98.4 cm³/mol. The molecule has 0 aromatic carbocycles. The van der Waals surface area contributed by atoms with E-state index in [0.29, 0.717) is 38.8 Å². The van der Waals surface area contributed by atoms with Gasteiger partial charge in [0.15, 0.2) is 0 Å². The van der Waals surface area contributed by atoms with Gasteiger partial charge in [0.1, 0.15) is 16.5 Å². The molecule has 1 saturated carbocycles. The van der Waals surface area contributed by atoms with E-state index in [1.807, 2.05) is 41.5 Å². The lowest BCUT2D eigenvalue weighted by Gasteiger charge is -2.43. The van der Waals surface area contributed by atoms with Crippen LogP contribution in [-0.2, 0) is 16.1 Å². The van der Waals surface area contributed by atoms with Gasteiger partial charge in [-0.25, -0.2) is 9.18 Å². The number of carbonyl (C=O) groups excluding carboxylic acids is 1. The fourth-order valence-electron chi connectivity index (χ4n) is 3.67. The van der Waals surface area contributed by atoms with Crippen molar-refractivity contribution in [3.8, 4) is 0 Å². The number of likely N-dealkylation sites (tertiary alicyclic amines) is 1. The second kappa shape index (κ2) is 7.24. The van der Waals surface area contributed by atoms with Gasteiger partial charge in [-0.1, -0.05) is 0 Å². The number of nitrogens with zero attached hydrogens (tertiary/aromatic N) is 1. The molecule has 1 aliphatic carbocycles. The first-order valence-electron chi connectivity index (χ1n) is 9.12. The van der Waals surface area contributed by atoms with Crippen molar-refractivity contribution in [1.29, 1.82) is 0 Å². The Bertz CT molecular complexity index is 482. The molecule has 1 heterocycles. The molecule has 25 heavy (non-hydrogen) atoms. The Balaban J connectivity index is 2.00. The van der Waals surface area contributed by atoms with Gasteiger partial charge >= 0.3 is 6.09 Å². The van der Waals surface area contributed by atoms with E-state index in [4.69, 9.17) is 4.74 Å². The molecule has 7 heteroatoms. The van der Waals surface area contributed by atoms with Crippen molar-refractivity contribution in [2.24, 2.45) is 5.41 Å². The van der Waals surface area contributed by atoms with Crippen molar-refractivity contribution >= 4 is 17.5 Å². The zero-order valence-electron chi connectivity index (χ0n) is 16.4. The molecule has 0 aromatic heterocycles.